The van der Waals surface area contributed by atoms with Gasteiger partial charge in [0.05, 0.1) is 0 Å². The molecule has 0 bridgehead atoms. The number of ether oxygens (including phenoxy) is 1. The zero-order chi connectivity index (χ0) is 15.0. The number of amides is 1. The van der Waals surface area contributed by atoms with E-state index in [4.69, 9.17) is 4.74 Å². The molecule has 112 valence electrons. The lowest BCUT2D eigenvalue weighted by atomic mass is 10.3. The molecule has 0 saturated heterocycles. The summed E-state index contributed by atoms with van der Waals surface area (Å²) in [6.07, 6.45) is 0.787. The van der Waals surface area contributed by atoms with Crippen molar-refractivity contribution in [3.05, 3.63) is 17.6 Å². The van der Waals surface area contributed by atoms with E-state index in [1.165, 1.54) is 0 Å². The monoisotopic (exact) mass is 280 g/mol. The predicted octanol–water partition coefficient (Wildman–Crippen LogP) is 1.40. The number of hydrogen-bond donors (Lipinski definition) is 1. The third-order valence-electron chi connectivity index (χ3n) is 2.96. The summed E-state index contributed by atoms with van der Waals surface area (Å²) in [6, 6.07) is 1.74. The van der Waals surface area contributed by atoms with E-state index >= 15 is 0 Å². The summed E-state index contributed by atoms with van der Waals surface area (Å²) in [5.74, 6) is 1.24. The Kier molecular flexibility index (Phi) is 6.93. The summed E-state index contributed by atoms with van der Waals surface area (Å²) in [5, 5.41) is 2.84. The normalized spacial score (nSPS) is 10.4. The molecule has 6 heteroatoms. The minimum Gasteiger partial charge on any atom is -0.385 e. The largest absolute Gasteiger partial charge is 0.385 e. The third-order valence-corrected chi connectivity index (χ3v) is 2.96. The van der Waals surface area contributed by atoms with Gasteiger partial charge in [-0.2, -0.15) is 0 Å². The number of carbonyl (C=O) groups excluding carboxylic acids is 1. The van der Waals surface area contributed by atoms with Gasteiger partial charge in [-0.05, 0) is 27.2 Å². The lowest BCUT2D eigenvalue weighted by Crippen LogP contribution is -2.28. The molecule has 1 aromatic rings. The molecule has 1 N–H and O–H groups in total. The Morgan fingerprint density at radius 2 is 2.05 bits per heavy atom. The summed E-state index contributed by atoms with van der Waals surface area (Å²) in [4.78, 5) is 22.7. The molecule has 0 atom stereocenters. The van der Waals surface area contributed by atoms with Crippen molar-refractivity contribution in [1.29, 1.82) is 0 Å². The summed E-state index contributed by atoms with van der Waals surface area (Å²) in [6.45, 7) is 8.83. The summed E-state index contributed by atoms with van der Waals surface area (Å²) >= 11 is 0. The highest BCUT2D eigenvalue weighted by atomic mass is 16.5. The van der Waals surface area contributed by atoms with Crippen LogP contribution in [0.25, 0.3) is 0 Å². The van der Waals surface area contributed by atoms with E-state index in [2.05, 4.69) is 34.0 Å². The Morgan fingerprint density at radius 1 is 1.35 bits per heavy atom. The lowest BCUT2D eigenvalue weighted by molar-refractivity contribution is 0.0943. The topological polar surface area (TPSA) is 67.4 Å². The quantitative estimate of drug-likeness (QED) is 0.729. The lowest BCUT2D eigenvalue weighted by Gasteiger charge is -2.20. The average molecular weight is 280 g/mol. The van der Waals surface area contributed by atoms with Crippen molar-refractivity contribution in [2.24, 2.45) is 0 Å². The van der Waals surface area contributed by atoms with Crippen LogP contribution in [-0.4, -0.2) is 49.2 Å². The average Bonchev–Trinajstić information content (AvgIpc) is 2.44. The fourth-order valence-electron chi connectivity index (χ4n) is 1.89. The highest BCUT2D eigenvalue weighted by molar-refractivity contribution is 5.92. The molecule has 20 heavy (non-hydrogen) atoms. The van der Waals surface area contributed by atoms with Crippen LogP contribution in [0, 0.1) is 6.92 Å². The minimum absolute atomic E-state index is 0.167. The minimum atomic E-state index is -0.167. The maximum atomic E-state index is 12.1. The Labute approximate surface area is 120 Å². The van der Waals surface area contributed by atoms with Crippen LogP contribution in [0.3, 0.4) is 0 Å². The van der Waals surface area contributed by atoms with Crippen LogP contribution in [-0.2, 0) is 4.74 Å². The Morgan fingerprint density at radius 3 is 2.65 bits per heavy atom. The van der Waals surface area contributed by atoms with E-state index < -0.39 is 0 Å². The number of aromatic nitrogens is 2. The number of rotatable bonds is 8. The van der Waals surface area contributed by atoms with Crippen LogP contribution in [0.15, 0.2) is 6.07 Å². The van der Waals surface area contributed by atoms with Gasteiger partial charge in [0.2, 0.25) is 0 Å². The number of carbonyl (C=O) groups is 1. The predicted molar refractivity (Wildman–Crippen MR) is 79.2 cm³/mol. The van der Waals surface area contributed by atoms with Gasteiger partial charge in [0.25, 0.3) is 5.91 Å². The molecule has 0 radical (unpaired) electrons. The first kappa shape index (κ1) is 16.4. The van der Waals surface area contributed by atoms with Gasteiger partial charge >= 0.3 is 0 Å². The molecule has 0 aliphatic heterocycles. The number of nitrogens with zero attached hydrogens (tertiary/aromatic N) is 3. The van der Waals surface area contributed by atoms with E-state index in [9.17, 15) is 4.79 Å². The summed E-state index contributed by atoms with van der Waals surface area (Å²) in [7, 11) is 1.64. The van der Waals surface area contributed by atoms with Crippen LogP contribution in [0.5, 0.6) is 0 Å². The van der Waals surface area contributed by atoms with Gasteiger partial charge < -0.3 is 15.0 Å². The van der Waals surface area contributed by atoms with Crippen LogP contribution < -0.4 is 10.2 Å². The number of nitrogens with one attached hydrogen (secondary N) is 1. The smallest absolute Gasteiger partial charge is 0.270 e. The van der Waals surface area contributed by atoms with Crippen LogP contribution in [0.4, 0.5) is 5.82 Å². The molecular formula is C14H24N4O2. The van der Waals surface area contributed by atoms with Crippen molar-refractivity contribution >= 4 is 11.7 Å². The zero-order valence-electron chi connectivity index (χ0n) is 12.8. The molecule has 6 nitrogen and oxygen atoms in total. The molecule has 0 fully saturated rings. The van der Waals surface area contributed by atoms with E-state index in [1.54, 1.807) is 20.1 Å². The number of anilines is 1. The molecule has 1 aromatic heterocycles. The molecule has 0 saturated carbocycles. The molecule has 1 rings (SSSR count). The van der Waals surface area contributed by atoms with Crippen molar-refractivity contribution in [3.63, 3.8) is 0 Å². The first-order chi connectivity index (χ1) is 9.62. The Hall–Kier alpha value is -1.69. The number of hydrogen-bond acceptors (Lipinski definition) is 5. The van der Waals surface area contributed by atoms with Gasteiger partial charge in [0.15, 0.2) is 0 Å². The van der Waals surface area contributed by atoms with E-state index in [1.807, 2.05) is 0 Å². The zero-order valence-corrected chi connectivity index (χ0v) is 12.8. The second-order valence-corrected chi connectivity index (χ2v) is 4.43. The second kappa shape index (κ2) is 8.47. The molecule has 0 unspecified atom stereocenters. The van der Waals surface area contributed by atoms with Crippen molar-refractivity contribution < 1.29 is 9.53 Å². The molecule has 0 aliphatic rings. The van der Waals surface area contributed by atoms with Crippen LogP contribution in [0.1, 0.15) is 36.6 Å². The van der Waals surface area contributed by atoms with Crippen molar-refractivity contribution in [2.45, 2.75) is 27.2 Å². The summed E-state index contributed by atoms with van der Waals surface area (Å²) in [5.41, 5.74) is 0.414. The molecule has 0 spiro atoms. The SMILES string of the molecule is CCN(CC)c1cc(C(=O)NCCCOC)nc(C)n1. The molecular weight excluding hydrogens is 256 g/mol. The standard InChI is InChI=1S/C14H24N4O2/c1-5-18(6-2)13-10-12(16-11(3)17-13)14(19)15-8-7-9-20-4/h10H,5-9H2,1-4H3,(H,15,19). The molecule has 0 aliphatic carbocycles. The Balaban J connectivity index is 2.76. The third kappa shape index (κ3) is 4.77. The molecule has 1 heterocycles. The van der Waals surface area contributed by atoms with Crippen LogP contribution >= 0.6 is 0 Å². The van der Waals surface area contributed by atoms with Crippen molar-refractivity contribution in [2.75, 3.05) is 38.3 Å². The fourth-order valence-corrected chi connectivity index (χ4v) is 1.89. The fraction of sp³-hybridized carbons (Fsp3) is 0.643. The van der Waals surface area contributed by atoms with Gasteiger partial charge in [-0.1, -0.05) is 0 Å². The highest BCUT2D eigenvalue weighted by Gasteiger charge is 2.12. The van der Waals surface area contributed by atoms with Gasteiger partial charge in [0.1, 0.15) is 17.3 Å². The maximum absolute atomic E-state index is 12.1. The van der Waals surface area contributed by atoms with Crippen molar-refractivity contribution in [3.8, 4) is 0 Å². The van der Waals surface area contributed by atoms with Gasteiger partial charge in [-0.3, -0.25) is 4.79 Å². The van der Waals surface area contributed by atoms with E-state index in [-0.39, 0.29) is 5.91 Å². The second-order valence-electron chi connectivity index (χ2n) is 4.43. The van der Waals surface area contributed by atoms with Gasteiger partial charge in [-0.25, -0.2) is 9.97 Å². The summed E-state index contributed by atoms with van der Waals surface area (Å²) < 4.78 is 4.94. The maximum Gasteiger partial charge on any atom is 0.270 e. The van der Waals surface area contributed by atoms with Crippen LogP contribution in [0.2, 0.25) is 0 Å². The molecule has 1 amide bonds. The first-order valence-corrected chi connectivity index (χ1v) is 7.00. The highest BCUT2D eigenvalue weighted by Crippen LogP contribution is 2.12. The van der Waals surface area contributed by atoms with E-state index in [0.717, 1.165) is 25.3 Å². The first-order valence-electron chi connectivity index (χ1n) is 7.00. The van der Waals surface area contributed by atoms with Crippen molar-refractivity contribution in [1.82, 2.24) is 15.3 Å². The van der Waals surface area contributed by atoms with E-state index in [0.29, 0.717) is 24.7 Å². The Bertz CT molecular complexity index is 433. The number of methoxy groups -OCH3 is 1. The number of aryl methyl sites for hydroxylation is 1. The molecule has 0 aromatic carbocycles. The van der Waals surface area contributed by atoms with Gasteiger partial charge in [0, 0.05) is 39.4 Å². The van der Waals surface area contributed by atoms with Gasteiger partial charge in [-0.15, -0.1) is 0 Å².